The molecule has 1 N–H and O–H groups in total. The van der Waals surface area contributed by atoms with E-state index in [9.17, 15) is 8.42 Å². The van der Waals surface area contributed by atoms with Gasteiger partial charge >= 0.3 is 0 Å². The summed E-state index contributed by atoms with van der Waals surface area (Å²) in [6, 6.07) is 10.2. The molecule has 0 fully saturated rings. The molecule has 7 nitrogen and oxygen atoms in total. The molecule has 0 aliphatic carbocycles. The second-order valence-electron chi connectivity index (χ2n) is 6.88. The smallest absolute Gasteiger partial charge is 0.260 e. The average Bonchev–Trinajstić information content (AvgIpc) is 3.02. The molecule has 1 atom stereocenters. The van der Waals surface area contributed by atoms with Crippen molar-refractivity contribution < 1.29 is 17.9 Å². The maximum atomic E-state index is 13.2. The lowest BCUT2D eigenvalue weighted by Crippen LogP contribution is -2.32. The molecule has 2 aromatic heterocycles. The molecule has 4 rings (SSSR count). The van der Waals surface area contributed by atoms with Crippen LogP contribution in [0.25, 0.3) is 5.65 Å². The number of pyridine rings is 1. The molecule has 148 valence electrons. The number of sulfonamides is 1. The van der Waals surface area contributed by atoms with Gasteiger partial charge in [0.05, 0.1) is 0 Å². The first-order chi connectivity index (χ1) is 13.4. The number of aromatic nitrogens is 2. The van der Waals surface area contributed by atoms with Gasteiger partial charge in [-0.15, -0.1) is 0 Å². The highest BCUT2D eigenvalue weighted by atomic mass is 35.5. The molecule has 1 aliphatic heterocycles. The maximum Gasteiger partial charge on any atom is 0.260 e. The van der Waals surface area contributed by atoms with Crippen molar-refractivity contribution in [2.24, 2.45) is 5.92 Å². The lowest BCUT2D eigenvalue weighted by Gasteiger charge is -2.25. The lowest BCUT2D eigenvalue weighted by atomic mass is 9.97. The predicted octanol–water partition coefficient (Wildman–Crippen LogP) is 3.43. The summed E-state index contributed by atoms with van der Waals surface area (Å²) in [6.07, 6.45) is 1.62. The fourth-order valence-electron chi connectivity index (χ4n) is 3.25. The first-order valence-electron chi connectivity index (χ1n) is 8.91. The first-order valence-corrected chi connectivity index (χ1v) is 10.8. The highest BCUT2D eigenvalue weighted by molar-refractivity contribution is 7.89. The van der Waals surface area contributed by atoms with Crippen molar-refractivity contribution in [2.75, 3.05) is 13.2 Å². The van der Waals surface area contributed by atoms with E-state index >= 15 is 0 Å². The van der Waals surface area contributed by atoms with Gasteiger partial charge in [0.15, 0.2) is 21.7 Å². The molecule has 0 bridgehead atoms. The van der Waals surface area contributed by atoms with Gasteiger partial charge in [-0.3, -0.25) is 4.40 Å². The summed E-state index contributed by atoms with van der Waals surface area (Å²) in [7, 11) is -3.94. The average molecular weight is 422 g/mol. The third-order valence-corrected chi connectivity index (χ3v) is 6.41. The van der Waals surface area contributed by atoms with Crippen LogP contribution in [-0.2, 0) is 10.0 Å². The van der Waals surface area contributed by atoms with Gasteiger partial charge < -0.3 is 9.47 Å². The Hall–Kier alpha value is -2.29. The van der Waals surface area contributed by atoms with Gasteiger partial charge in [0, 0.05) is 12.2 Å². The number of nitrogens with zero attached hydrogens (tertiary/aromatic N) is 2. The van der Waals surface area contributed by atoms with E-state index in [-0.39, 0.29) is 16.1 Å². The van der Waals surface area contributed by atoms with Crippen molar-refractivity contribution in [2.45, 2.75) is 24.9 Å². The van der Waals surface area contributed by atoms with Crippen molar-refractivity contribution >= 4 is 27.3 Å². The van der Waals surface area contributed by atoms with E-state index in [2.05, 4.69) is 9.71 Å². The van der Waals surface area contributed by atoms with Crippen LogP contribution in [0.3, 0.4) is 0 Å². The van der Waals surface area contributed by atoms with Gasteiger partial charge in [-0.05, 0) is 35.7 Å². The van der Waals surface area contributed by atoms with E-state index in [1.54, 1.807) is 30.5 Å². The van der Waals surface area contributed by atoms with Crippen LogP contribution in [0.1, 0.15) is 25.5 Å². The number of benzene rings is 1. The van der Waals surface area contributed by atoms with Gasteiger partial charge in [-0.2, -0.15) is 0 Å². The zero-order chi connectivity index (χ0) is 19.9. The summed E-state index contributed by atoms with van der Waals surface area (Å²) in [4.78, 5) is 4.13. The summed E-state index contributed by atoms with van der Waals surface area (Å²) < 4.78 is 41.8. The molecule has 0 radical (unpaired) electrons. The molecular weight excluding hydrogens is 402 g/mol. The molecule has 3 aromatic rings. The van der Waals surface area contributed by atoms with Gasteiger partial charge in [0.1, 0.15) is 18.9 Å². The van der Waals surface area contributed by atoms with E-state index in [0.29, 0.717) is 30.4 Å². The van der Waals surface area contributed by atoms with Crippen LogP contribution < -0.4 is 14.2 Å². The Kier molecular flexibility index (Phi) is 4.95. The Morgan fingerprint density at radius 2 is 1.89 bits per heavy atom. The Bertz CT molecular complexity index is 1130. The number of hydrogen-bond acceptors (Lipinski definition) is 5. The minimum Gasteiger partial charge on any atom is -0.486 e. The Labute approximate surface area is 168 Å². The van der Waals surface area contributed by atoms with Crippen molar-refractivity contribution in [1.29, 1.82) is 0 Å². The monoisotopic (exact) mass is 421 g/mol. The highest BCUT2D eigenvalue weighted by Gasteiger charge is 2.30. The second kappa shape index (κ2) is 7.27. The van der Waals surface area contributed by atoms with E-state index in [0.717, 1.165) is 5.56 Å². The fourth-order valence-corrected chi connectivity index (χ4v) is 5.27. The molecule has 0 amide bonds. The standard InChI is InChI=1S/C19H20ClN3O4S/c1-12(2)17(13-6-7-14-15(11-13)27-10-9-26-14)22-28(24,25)19-18(20)21-16-5-3-4-8-23(16)19/h3-8,11-12,17,22H,9-10H2,1-2H3/t17-/m0/s1. The fraction of sp³-hybridized carbons (Fsp3) is 0.316. The molecule has 0 saturated heterocycles. The van der Waals surface area contributed by atoms with Crippen LogP contribution in [0, 0.1) is 5.92 Å². The van der Waals surface area contributed by atoms with Gasteiger partial charge in [0.2, 0.25) is 0 Å². The molecule has 0 saturated carbocycles. The van der Waals surface area contributed by atoms with Crippen molar-refractivity contribution in [3.63, 3.8) is 0 Å². The topological polar surface area (TPSA) is 81.9 Å². The van der Waals surface area contributed by atoms with Crippen LogP contribution in [0.15, 0.2) is 47.6 Å². The molecule has 28 heavy (non-hydrogen) atoms. The van der Waals surface area contributed by atoms with Crippen molar-refractivity contribution in [3.8, 4) is 11.5 Å². The Morgan fingerprint density at radius 3 is 2.64 bits per heavy atom. The van der Waals surface area contributed by atoms with Gasteiger partial charge in [-0.25, -0.2) is 18.1 Å². The molecule has 9 heteroatoms. The van der Waals surface area contributed by atoms with Gasteiger partial charge in [0.25, 0.3) is 10.0 Å². The van der Waals surface area contributed by atoms with E-state index in [1.807, 2.05) is 26.0 Å². The van der Waals surface area contributed by atoms with E-state index < -0.39 is 16.1 Å². The maximum absolute atomic E-state index is 13.2. The summed E-state index contributed by atoms with van der Waals surface area (Å²) in [5, 5.41) is -0.142. The number of rotatable bonds is 5. The lowest BCUT2D eigenvalue weighted by molar-refractivity contribution is 0.171. The zero-order valence-corrected chi connectivity index (χ0v) is 17.0. The molecular formula is C19H20ClN3O4S. The van der Waals surface area contributed by atoms with E-state index in [4.69, 9.17) is 21.1 Å². The molecule has 3 heterocycles. The van der Waals surface area contributed by atoms with Crippen molar-refractivity contribution in [1.82, 2.24) is 14.1 Å². The number of ether oxygens (including phenoxy) is 2. The summed E-state index contributed by atoms with van der Waals surface area (Å²) in [5.41, 5.74) is 1.25. The number of imidazole rings is 1. The van der Waals surface area contributed by atoms with Crippen molar-refractivity contribution in [3.05, 3.63) is 53.3 Å². The highest BCUT2D eigenvalue weighted by Crippen LogP contribution is 2.35. The Morgan fingerprint density at radius 1 is 1.14 bits per heavy atom. The minimum atomic E-state index is -3.94. The molecule has 1 aliphatic rings. The number of nitrogens with one attached hydrogen (secondary N) is 1. The quantitative estimate of drug-likeness (QED) is 0.682. The predicted molar refractivity (Wildman–Crippen MR) is 106 cm³/mol. The first kappa shape index (κ1) is 19.0. The number of hydrogen-bond donors (Lipinski definition) is 1. The van der Waals surface area contributed by atoms with Crippen LogP contribution in [0.4, 0.5) is 0 Å². The van der Waals surface area contributed by atoms with Crippen LogP contribution in [0.5, 0.6) is 11.5 Å². The second-order valence-corrected chi connectivity index (χ2v) is 8.87. The third kappa shape index (κ3) is 3.43. The summed E-state index contributed by atoms with van der Waals surface area (Å²) in [5.74, 6) is 1.25. The van der Waals surface area contributed by atoms with Crippen LogP contribution in [0.2, 0.25) is 5.15 Å². The normalized spacial score (nSPS) is 15.1. The minimum absolute atomic E-state index is 0.0182. The van der Waals surface area contributed by atoms with E-state index in [1.165, 1.54) is 4.40 Å². The SMILES string of the molecule is CC(C)[C@H](NS(=O)(=O)c1c(Cl)nc2ccccn12)c1ccc2c(c1)OCCO2. The molecule has 0 spiro atoms. The van der Waals surface area contributed by atoms with Crippen LogP contribution in [-0.4, -0.2) is 31.0 Å². The Balaban J connectivity index is 1.72. The van der Waals surface area contributed by atoms with Gasteiger partial charge in [-0.1, -0.05) is 37.6 Å². The zero-order valence-electron chi connectivity index (χ0n) is 15.4. The third-order valence-electron chi connectivity index (χ3n) is 4.58. The van der Waals surface area contributed by atoms with Crippen LogP contribution >= 0.6 is 11.6 Å². The molecule has 0 unspecified atom stereocenters. The number of fused-ring (bicyclic) bond motifs is 2. The summed E-state index contributed by atoms with van der Waals surface area (Å²) in [6.45, 7) is 4.85. The summed E-state index contributed by atoms with van der Waals surface area (Å²) >= 11 is 6.17. The number of halogens is 1. The largest absolute Gasteiger partial charge is 0.486 e. The molecule has 1 aromatic carbocycles.